The van der Waals surface area contributed by atoms with Crippen LogP contribution < -0.4 is 4.72 Å². The topological polar surface area (TPSA) is 80.3 Å². The Bertz CT molecular complexity index is 743. The summed E-state index contributed by atoms with van der Waals surface area (Å²) >= 11 is 2.92. The Morgan fingerprint density at radius 3 is 2.58 bits per heavy atom. The van der Waals surface area contributed by atoms with E-state index in [1.807, 2.05) is 0 Å². The van der Waals surface area contributed by atoms with E-state index in [0.717, 1.165) is 11.5 Å². The van der Waals surface area contributed by atoms with Crippen LogP contribution in [0.1, 0.15) is 0 Å². The van der Waals surface area contributed by atoms with Crippen LogP contribution in [0.5, 0.6) is 0 Å². The van der Waals surface area contributed by atoms with E-state index in [1.165, 1.54) is 18.2 Å². The Hall–Kier alpha value is -0.770. The van der Waals surface area contributed by atoms with Gasteiger partial charge in [0.05, 0.1) is 21.2 Å². The van der Waals surface area contributed by atoms with Crippen LogP contribution >= 0.6 is 15.9 Å². The van der Waals surface area contributed by atoms with Crippen molar-refractivity contribution in [3.8, 4) is 0 Å². The first kappa shape index (κ1) is 14.6. The number of hydrogen-bond acceptors (Lipinski definition) is 4. The summed E-state index contributed by atoms with van der Waals surface area (Å²) in [6.45, 7) is 0. The first-order valence-electron chi connectivity index (χ1n) is 5.08. The van der Waals surface area contributed by atoms with Gasteiger partial charge in [-0.05, 0) is 34.1 Å². The van der Waals surface area contributed by atoms with E-state index in [4.69, 9.17) is 0 Å². The zero-order valence-corrected chi connectivity index (χ0v) is 12.6. The lowest BCUT2D eigenvalue weighted by atomic mass is 10.3. The van der Waals surface area contributed by atoms with Crippen molar-refractivity contribution in [3.05, 3.63) is 40.0 Å². The Labute approximate surface area is 118 Å². The molecule has 1 N–H and O–H groups in total. The molecule has 0 fully saturated rings. The highest BCUT2D eigenvalue weighted by Crippen LogP contribution is 2.20. The maximum Gasteiger partial charge on any atom is 0.241 e. The third kappa shape index (κ3) is 3.41. The van der Waals surface area contributed by atoms with E-state index in [-0.39, 0.29) is 15.1 Å². The molecule has 104 valence electrons. The molecule has 1 aliphatic rings. The molecule has 0 bridgehead atoms. The monoisotopic (exact) mass is 369 g/mol. The van der Waals surface area contributed by atoms with Crippen LogP contribution in [0.4, 0.5) is 4.39 Å². The molecule has 9 heteroatoms. The highest BCUT2D eigenvalue weighted by molar-refractivity contribution is 9.10. The predicted molar refractivity (Wildman–Crippen MR) is 71.1 cm³/mol. The maximum absolute atomic E-state index is 13.3. The van der Waals surface area contributed by atoms with Gasteiger partial charge in [0, 0.05) is 5.41 Å². The van der Waals surface area contributed by atoms with E-state index in [2.05, 4.69) is 20.7 Å². The molecule has 1 unspecified atom stereocenters. The molecule has 2 rings (SSSR count). The highest BCUT2D eigenvalue weighted by Gasteiger charge is 2.27. The van der Waals surface area contributed by atoms with Gasteiger partial charge in [-0.1, -0.05) is 6.08 Å². The summed E-state index contributed by atoms with van der Waals surface area (Å²) in [5.74, 6) is -1.04. The second kappa shape index (κ2) is 4.97. The number of hydrogen-bond donors (Lipinski definition) is 1. The van der Waals surface area contributed by atoms with Crippen molar-refractivity contribution < 1.29 is 21.2 Å². The summed E-state index contributed by atoms with van der Waals surface area (Å²) in [5, 5.41) is 0.961. The van der Waals surface area contributed by atoms with E-state index >= 15 is 0 Å². The van der Waals surface area contributed by atoms with Crippen molar-refractivity contribution in [3.63, 3.8) is 0 Å². The third-order valence-electron chi connectivity index (χ3n) is 2.44. The summed E-state index contributed by atoms with van der Waals surface area (Å²) in [5.41, 5.74) is 0. The summed E-state index contributed by atoms with van der Waals surface area (Å²) in [6.07, 6.45) is 1.25. The van der Waals surface area contributed by atoms with E-state index in [0.29, 0.717) is 0 Å². The van der Waals surface area contributed by atoms with Gasteiger partial charge in [0.25, 0.3) is 0 Å². The fourth-order valence-electron chi connectivity index (χ4n) is 1.56. The SMILES string of the molecule is O=S1(=O)C=CC(NS(=O)(=O)c2ccc(Br)c(F)c2)C1. The number of benzene rings is 1. The smallest absolute Gasteiger partial charge is 0.224 e. The molecule has 1 aliphatic heterocycles. The highest BCUT2D eigenvalue weighted by atomic mass is 79.9. The Morgan fingerprint density at radius 2 is 2.05 bits per heavy atom. The van der Waals surface area contributed by atoms with Gasteiger partial charge in [-0.25, -0.2) is 25.9 Å². The second-order valence-electron chi connectivity index (χ2n) is 3.96. The van der Waals surface area contributed by atoms with Crippen LogP contribution in [0.15, 0.2) is 39.1 Å². The predicted octanol–water partition coefficient (Wildman–Crippen LogP) is 1.18. The molecule has 1 aromatic rings. The summed E-state index contributed by atoms with van der Waals surface area (Å²) in [6, 6.07) is 2.52. The minimum atomic E-state index is -3.96. The average molecular weight is 370 g/mol. The van der Waals surface area contributed by atoms with Gasteiger partial charge in [-0.3, -0.25) is 0 Å². The molecule has 0 saturated carbocycles. The lowest BCUT2D eigenvalue weighted by Gasteiger charge is -2.11. The van der Waals surface area contributed by atoms with Crippen molar-refractivity contribution in [1.29, 1.82) is 0 Å². The molecule has 5 nitrogen and oxygen atoms in total. The number of sulfone groups is 1. The van der Waals surface area contributed by atoms with E-state index in [1.54, 1.807) is 0 Å². The summed E-state index contributed by atoms with van der Waals surface area (Å²) < 4.78 is 61.9. The van der Waals surface area contributed by atoms with E-state index < -0.39 is 31.7 Å². The van der Waals surface area contributed by atoms with Gasteiger partial charge >= 0.3 is 0 Å². The van der Waals surface area contributed by atoms with Crippen LogP contribution in [0.25, 0.3) is 0 Å². The zero-order chi connectivity index (χ0) is 14.3. The first-order chi connectivity index (χ1) is 8.70. The van der Waals surface area contributed by atoms with Crippen molar-refractivity contribution in [2.24, 2.45) is 0 Å². The molecular formula is C10H9BrFNO4S2. The standard InChI is InChI=1S/C10H9BrFNO4S2/c11-9-2-1-8(5-10(9)12)19(16,17)13-7-3-4-18(14,15)6-7/h1-5,7,13H,6H2. The molecule has 0 amide bonds. The molecule has 1 heterocycles. The lowest BCUT2D eigenvalue weighted by molar-refractivity contribution is 0.571. The van der Waals surface area contributed by atoms with Crippen LogP contribution in [0.2, 0.25) is 0 Å². The molecule has 0 aromatic heterocycles. The summed E-state index contributed by atoms with van der Waals surface area (Å²) in [4.78, 5) is -0.258. The Kier molecular flexibility index (Phi) is 3.83. The van der Waals surface area contributed by atoms with Crippen LogP contribution in [-0.2, 0) is 19.9 Å². The van der Waals surface area contributed by atoms with Crippen molar-refractivity contribution >= 4 is 35.8 Å². The molecule has 19 heavy (non-hydrogen) atoms. The van der Waals surface area contributed by atoms with Crippen LogP contribution in [0, 0.1) is 5.82 Å². The number of halogens is 2. The molecule has 1 atom stereocenters. The quantitative estimate of drug-likeness (QED) is 0.867. The largest absolute Gasteiger partial charge is 0.241 e. The molecular weight excluding hydrogens is 361 g/mol. The van der Waals surface area contributed by atoms with E-state index in [9.17, 15) is 21.2 Å². The van der Waals surface area contributed by atoms with Gasteiger partial charge in [-0.15, -0.1) is 0 Å². The van der Waals surface area contributed by atoms with Gasteiger partial charge in [-0.2, -0.15) is 0 Å². The minimum Gasteiger partial charge on any atom is -0.224 e. The van der Waals surface area contributed by atoms with Crippen LogP contribution in [-0.4, -0.2) is 28.6 Å². The summed E-state index contributed by atoms with van der Waals surface area (Å²) in [7, 11) is -7.31. The third-order valence-corrected chi connectivity index (χ3v) is 5.96. The fourth-order valence-corrected chi connectivity index (χ4v) is 4.35. The van der Waals surface area contributed by atoms with Crippen LogP contribution in [0.3, 0.4) is 0 Å². The molecule has 0 saturated heterocycles. The first-order valence-corrected chi connectivity index (χ1v) is 9.07. The van der Waals surface area contributed by atoms with Crippen molar-refractivity contribution in [2.45, 2.75) is 10.9 Å². The lowest BCUT2D eigenvalue weighted by Crippen LogP contribution is -2.35. The van der Waals surface area contributed by atoms with Gasteiger partial charge in [0.15, 0.2) is 9.84 Å². The maximum atomic E-state index is 13.3. The fraction of sp³-hybridized carbons (Fsp3) is 0.200. The molecule has 1 aromatic carbocycles. The second-order valence-corrected chi connectivity index (χ2v) is 8.46. The van der Waals surface area contributed by atoms with Gasteiger partial charge < -0.3 is 0 Å². The Morgan fingerprint density at radius 1 is 1.37 bits per heavy atom. The number of rotatable bonds is 3. The van der Waals surface area contributed by atoms with Crippen molar-refractivity contribution in [1.82, 2.24) is 4.72 Å². The normalized spacial score (nSPS) is 21.7. The molecule has 0 spiro atoms. The number of nitrogens with one attached hydrogen (secondary N) is 1. The average Bonchev–Trinajstić information content (AvgIpc) is 2.61. The minimum absolute atomic E-state index is 0.148. The zero-order valence-electron chi connectivity index (χ0n) is 9.38. The molecule has 0 aliphatic carbocycles. The Balaban J connectivity index is 2.24. The van der Waals surface area contributed by atoms with Gasteiger partial charge in [0.1, 0.15) is 5.82 Å². The number of sulfonamides is 1. The van der Waals surface area contributed by atoms with Crippen molar-refractivity contribution in [2.75, 3.05) is 5.75 Å². The molecule has 0 radical (unpaired) electrons. The van der Waals surface area contributed by atoms with Gasteiger partial charge in [0.2, 0.25) is 10.0 Å².